The number of nitrogens with one attached hydrogen (secondary N) is 2. The number of hydrogen-bond donors (Lipinski definition) is 2. The zero-order valence-electron chi connectivity index (χ0n) is 11.4. The Kier molecular flexibility index (Phi) is 5.26. The number of amides is 1. The van der Waals surface area contributed by atoms with Gasteiger partial charge >= 0.3 is 0 Å². The lowest BCUT2D eigenvalue weighted by Gasteiger charge is -2.12. The summed E-state index contributed by atoms with van der Waals surface area (Å²) in [6.07, 6.45) is 4.64. The van der Waals surface area contributed by atoms with Crippen molar-refractivity contribution in [2.24, 2.45) is 0 Å². The summed E-state index contributed by atoms with van der Waals surface area (Å²) in [5.41, 5.74) is 0.707. The summed E-state index contributed by atoms with van der Waals surface area (Å²) in [7, 11) is 0. The van der Waals surface area contributed by atoms with Crippen LogP contribution >= 0.6 is 12.4 Å². The second-order valence-electron chi connectivity index (χ2n) is 5.38. The van der Waals surface area contributed by atoms with Crippen LogP contribution in [0.3, 0.4) is 0 Å². The van der Waals surface area contributed by atoms with Crippen molar-refractivity contribution < 1.29 is 9.53 Å². The minimum Gasteiger partial charge on any atom is -0.492 e. The smallest absolute Gasteiger partial charge is 0.251 e. The first kappa shape index (κ1) is 15.1. The maximum absolute atomic E-state index is 11.8. The summed E-state index contributed by atoms with van der Waals surface area (Å²) in [6, 6.07) is 8.27. The van der Waals surface area contributed by atoms with Gasteiger partial charge < -0.3 is 15.4 Å². The van der Waals surface area contributed by atoms with Gasteiger partial charge in [0.05, 0.1) is 0 Å². The van der Waals surface area contributed by atoms with Crippen molar-refractivity contribution in [3.63, 3.8) is 0 Å². The molecule has 1 aliphatic carbocycles. The zero-order chi connectivity index (χ0) is 13.1. The molecule has 1 aromatic rings. The highest BCUT2D eigenvalue weighted by atomic mass is 35.5. The topological polar surface area (TPSA) is 50.4 Å². The fourth-order valence-electron chi connectivity index (χ4n) is 2.29. The van der Waals surface area contributed by atoms with E-state index < -0.39 is 0 Å². The molecule has 1 aromatic carbocycles. The Labute approximate surface area is 125 Å². The molecule has 1 aliphatic heterocycles. The first-order valence-electron chi connectivity index (χ1n) is 7.08. The first-order valence-corrected chi connectivity index (χ1v) is 7.08. The highest BCUT2D eigenvalue weighted by Crippen LogP contribution is 2.20. The number of rotatable bonds is 5. The van der Waals surface area contributed by atoms with Crippen molar-refractivity contribution in [1.29, 1.82) is 0 Å². The molecule has 0 aromatic heterocycles. The standard InChI is InChI=1S/C15H20N2O2.ClH/c18-15(17-12-5-6-12)11-3-7-14(8-4-11)19-10-13-2-1-9-16-13;/h3-4,7-8,12-13,16H,1-2,5-6,9-10H2,(H,17,18);1H. The molecule has 0 bridgehead atoms. The molecule has 1 amide bonds. The van der Waals surface area contributed by atoms with Gasteiger partial charge in [-0.1, -0.05) is 0 Å². The number of halogens is 1. The highest BCUT2D eigenvalue weighted by Gasteiger charge is 2.23. The third-order valence-corrected chi connectivity index (χ3v) is 3.64. The quantitative estimate of drug-likeness (QED) is 0.875. The van der Waals surface area contributed by atoms with Crippen molar-refractivity contribution in [1.82, 2.24) is 10.6 Å². The molecule has 5 heteroatoms. The number of benzene rings is 1. The number of carbonyl (C=O) groups is 1. The molecule has 3 rings (SSSR count). The van der Waals surface area contributed by atoms with Gasteiger partial charge in [-0.25, -0.2) is 0 Å². The van der Waals surface area contributed by atoms with E-state index in [0.29, 0.717) is 24.3 Å². The fourth-order valence-corrected chi connectivity index (χ4v) is 2.29. The van der Waals surface area contributed by atoms with Crippen LogP contribution in [-0.4, -0.2) is 31.1 Å². The zero-order valence-corrected chi connectivity index (χ0v) is 12.2. The highest BCUT2D eigenvalue weighted by molar-refractivity contribution is 5.94. The predicted octanol–water partition coefficient (Wildman–Crippen LogP) is 2.13. The Morgan fingerprint density at radius 2 is 2.00 bits per heavy atom. The van der Waals surface area contributed by atoms with Crippen molar-refractivity contribution in [2.75, 3.05) is 13.2 Å². The van der Waals surface area contributed by atoms with E-state index in [9.17, 15) is 4.79 Å². The van der Waals surface area contributed by atoms with Crippen LogP contribution in [0.1, 0.15) is 36.0 Å². The van der Waals surface area contributed by atoms with Crippen LogP contribution in [0.25, 0.3) is 0 Å². The molecule has 110 valence electrons. The van der Waals surface area contributed by atoms with Gasteiger partial charge in [0.15, 0.2) is 0 Å². The van der Waals surface area contributed by atoms with Crippen LogP contribution in [-0.2, 0) is 0 Å². The lowest BCUT2D eigenvalue weighted by atomic mass is 10.2. The van der Waals surface area contributed by atoms with Gasteiger partial charge in [0.25, 0.3) is 5.91 Å². The Bertz CT molecular complexity index is 440. The van der Waals surface area contributed by atoms with E-state index in [1.807, 2.05) is 24.3 Å². The summed E-state index contributed by atoms with van der Waals surface area (Å²) in [5.74, 6) is 0.850. The lowest BCUT2D eigenvalue weighted by Crippen LogP contribution is -2.28. The molecular weight excluding hydrogens is 276 g/mol. The average molecular weight is 297 g/mol. The fraction of sp³-hybridized carbons (Fsp3) is 0.533. The summed E-state index contributed by atoms with van der Waals surface area (Å²) in [6.45, 7) is 1.79. The summed E-state index contributed by atoms with van der Waals surface area (Å²) < 4.78 is 5.72. The Balaban J connectivity index is 0.00000147. The molecule has 1 saturated carbocycles. The van der Waals surface area contributed by atoms with Gasteiger partial charge in [-0.3, -0.25) is 4.79 Å². The first-order chi connectivity index (χ1) is 9.31. The van der Waals surface area contributed by atoms with Crippen molar-refractivity contribution in [3.8, 4) is 5.75 Å². The number of hydrogen-bond acceptors (Lipinski definition) is 3. The summed E-state index contributed by atoms with van der Waals surface area (Å²) in [4.78, 5) is 11.8. The third-order valence-electron chi connectivity index (χ3n) is 3.64. The number of ether oxygens (including phenoxy) is 1. The monoisotopic (exact) mass is 296 g/mol. The van der Waals surface area contributed by atoms with Crippen LogP contribution in [0.2, 0.25) is 0 Å². The predicted molar refractivity (Wildman–Crippen MR) is 80.7 cm³/mol. The molecule has 2 aliphatic rings. The van der Waals surface area contributed by atoms with Crippen LogP contribution < -0.4 is 15.4 Å². The van der Waals surface area contributed by atoms with Gasteiger partial charge in [0.2, 0.25) is 0 Å². The Hall–Kier alpha value is -1.26. The molecule has 2 N–H and O–H groups in total. The van der Waals surface area contributed by atoms with Gasteiger partial charge in [0, 0.05) is 17.6 Å². The van der Waals surface area contributed by atoms with Crippen LogP contribution in [0.15, 0.2) is 24.3 Å². The molecule has 0 spiro atoms. The average Bonchev–Trinajstić information content (AvgIpc) is 3.09. The van der Waals surface area contributed by atoms with Crippen molar-refractivity contribution in [3.05, 3.63) is 29.8 Å². The minimum absolute atomic E-state index is 0. The number of carbonyl (C=O) groups excluding carboxylic acids is 1. The van der Waals surface area contributed by atoms with Crippen molar-refractivity contribution >= 4 is 18.3 Å². The third kappa shape index (κ3) is 4.12. The van der Waals surface area contributed by atoms with Gasteiger partial charge in [-0.2, -0.15) is 0 Å². The molecule has 1 heterocycles. The van der Waals surface area contributed by atoms with E-state index in [4.69, 9.17) is 4.74 Å². The SMILES string of the molecule is Cl.O=C(NC1CC1)c1ccc(OCC2CCCN2)cc1. The molecule has 2 fully saturated rings. The molecule has 1 unspecified atom stereocenters. The van der Waals surface area contributed by atoms with E-state index in [1.54, 1.807) is 0 Å². The second kappa shape index (κ2) is 6.95. The Morgan fingerprint density at radius 1 is 1.25 bits per heavy atom. The minimum atomic E-state index is 0. The van der Waals surface area contributed by atoms with Gasteiger partial charge in [-0.15, -0.1) is 12.4 Å². The largest absolute Gasteiger partial charge is 0.492 e. The van der Waals surface area contributed by atoms with Gasteiger partial charge in [-0.05, 0) is 56.5 Å². The lowest BCUT2D eigenvalue weighted by molar-refractivity contribution is 0.0951. The Morgan fingerprint density at radius 3 is 2.60 bits per heavy atom. The van der Waals surface area contributed by atoms with E-state index in [2.05, 4.69) is 10.6 Å². The van der Waals surface area contributed by atoms with E-state index in [0.717, 1.165) is 25.1 Å². The second-order valence-corrected chi connectivity index (χ2v) is 5.38. The normalized spacial score (nSPS) is 21.1. The van der Waals surface area contributed by atoms with Crippen LogP contribution in [0, 0.1) is 0 Å². The summed E-state index contributed by atoms with van der Waals surface area (Å²) in [5, 5.41) is 6.37. The molecule has 1 saturated heterocycles. The van der Waals surface area contributed by atoms with Crippen LogP contribution in [0.5, 0.6) is 5.75 Å². The molecule has 1 atom stereocenters. The summed E-state index contributed by atoms with van der Waals surface area (Å²) >= 11 is 0. The van der Waals surface area contributed by atoms with E-state index in [-0.39, 0.29) is 18.3 Å². The van der Waals surface area contributed by atoms with Crippen LogP contribution in [0.4, 0.5) is 0 Å². The molecule has 20 heavy (non-hydrogen) atoms. The van der Waals surface area contributed by atoms with E-state index >= 15 is 0 Å². The molecule has 0 radical (unpaired) electrons. The van der Waals surface area contributed by atoms with E-state index in [1.165, 1.54) is 12.8 Å². The molecular formula is C15H21ClN2O2. The van der Waals surface area contributed by atoms with Gasteiger partial charge in [0.1, 0.15) is 12.4 Å². The van der Waals surface area contributed by atoms with Crippen molar-refractivity contribution in [2.45, 2.75) is 37.8 Å². The molecule has 4 nitrogen and oxygen atoms in total. The maximum Gasteiger partial charge on any atom is 0.251 e. The maximum atomic E-state index is 11.8.